The summed E-state index contributed by atoms with van der Waals surface area (Å²) < 4.78 is 44.2. The van der Waals surface area contributed by atoms with Gasteiger partial charge >= 0.3 is 18.2 Å². The Labute approximate surface area is 165 Å². The summed E-state index contributed by atoms with van der Waals surface area (Å²) in [5.41, 5.74) is -1.26. The van der Waals surface area contributed by atoms with Crippen molar-refractivity contribution in [1.82, 2.24) is 20.3 Å². The summed E-state index contributed by atoms with van der Waals surface area (Å²) in [5, 5.41) is 4.67. The number of benzene rings is 1. The number of hydrogen-bond acceptors (Lipinski definition) is 6. The first-order valence-corrected chi connectivity index (χ1v) is 9.12. The Balaban J connectivity index is 1.67. The number of aromatic nitrogens is 3. The van der Waals surface area contributed by atoms with Crippen LogP contribution < -0.4 is 20.3 Å². The second-order valence-electron chi connectivity index (χ2n) is 6.44. The standard InChI is InChI=1S/C18H21F3N6O2/c1-29-17-25-14(24-15(26-17)27-9-5-2-6-10-27)11-22-16(28)23-13-8-4-3-7-12(13)18(19,20)21/h3-4,7-8H,2,5-6,9-11H2,1H3,(H2,22,23,28). The second-order valence-corrected chi connectivity index (χ2v) is 6.44. The van der Waals surface area contributed by atoms with Gasteiger partial charge in [-0.3, -0.25) is 0 Å². The van der Waals surface area contributed by atoms with Crippen LogP contribution in [0.2, 0.25) is 0 Å². The molecule has 1 fully saturated rings. The number of halogens is 3. The van der Waals surface area contributed by atoms with Crippen molar-refractivity contribution in [3.05, 3.63) is 35.7 Å². The van der Waals surface area contributed by atoms with Gasteiger partial charge in [0.15, 0.2) is 5.82 Å². The van der Waals surface area contributed by atoms with Gasteiger partial charge < -0.3 is 20.3 Å². The number of alkyl halides is 3. The zero-order valence-electron chi connectivity index (χ0n) is 15.8. The van der Waals surface area contributed by atoms with Crippen molar-refractivity contribution in [2.45, 2.75) is 32.0 Å². The molecule has 3 rings (SSSR count). The predicted molar refractivity (Wildman–Crippen MR) is 99.7 cm³/mol. The van der Waals surface area contributed by atoms with Crippen molar-refractivity contribution in [3.8, 4) is 6.01 Å². The zero-order chi connectivity index (χ0) is 20.9. The number of anilines is 2. The molecule has 1 aromatic carbocycles. The van der Waals surface area contributed by atoms with Crippen LogP contribution in [0.25, 0.3) is 0 Å². The van der Waals surface area contributed by atoms with Crippen molar-refractivity contribution in [3.63, 3.8) is 0 Å². The number of urea groups is 1. The average molecular weight is 410 g/mol. The van der Waals surface area contributed by atoms with Crippen LogP contribution in [0.3, 0.4) is 0 Å². The molecule has 29 heavy (non-hydrogen) atoms. The topological polar surface area (TPSA) is 92.3 Å². The van der Waals surface area contributed by atoms with Gasteiger partial charge in [-0.25, -0.2) is 4.79 Å². The number of nitrogens with zero attached hydrogens (tertiary/aromatic N) is 4. The molecule has 1 aliphatic rings. The Kier molecular flexibility index (Phi) is 6.35. The fourth-order valence-corrected chi connectivity index (χ4v) is 2.96. The van der Waals surface area contributed by atoms with E-state index in [-0.39, 0.29) is 24.1 Å². The molecule has 0 saturated carbocycles. The molecule has 0 bridgehead atoms. The molecule has 1 aliphatic heterocycles. The normalized spacial score (nSPS) is 14.4. The number of carbonyl (C=O) groups excluding carboxylic acids is 1. The van der Waals surface area contributed by atoms with Gasteiger partial charge in [0.25, 0.3) is 0 Å². The second kappa shape index (κ2) is 8.93. The van der Waals surface area contributed by atoms with Gasteiger partial charge in [0, 0.05) is 13.1 Å². The van der Waals surface area contributed by atoms with E-state index in [0.29, 0.717) is 5.95 Å². The number of piperidine rings is 1. The molecule has 0 aliphatic carbocycles. The van der Waals surface area contributed by atoms with Crippen LogP contribution in [0, 0.1) is 0 Å². The molecule has 156 valence electrons. The minimum atomic E-state index is -4.57. The maximum Gasteiger partial charge on any atom is 0.418 e. The van der Waals surface area contributed by atoms with Gasteiger partial charge in [-0.1, -0.05) is 12.1 Å². The van der Waals surface area contributed by atoms with Crippen LogP contribution in [0.15, 0.2) is 24.3 Å². The Morgan fingerprint density at radius 2 is 1.86 bits per heavy atom. The molecular weight excluding hydrogens is 389 g/mol. The molecule has 2 N–H and O–H groups in total. The van der Waals surface area contributed by atoms with Gasteiger partial charge in [0.1, 0.15) is 0 Å². The van der Waals surface area contributed by atoms with Gasteiger partial charge in [0.05, 0.1) is 24.9 Å². The van der Waals surface area contributed by atoms with Crippen LogP contribution in [-0.2, 0) is 12.7 Å². The summed E-state index contributed by atoms with van der Waals surface area (Å²) in [6.45, 7) is 1.53. The fraction of sp³-hybridized carbons (Fsp3) is 0.444. The smallest absolute Gasteiger partial charge is 0.418 e. The minimum Gasteiger partial charge on any atom is -0.467 e. The molecule has 0 unspecified atom stereocenters. The predicted octanol–water partition coefficient (Wildman–Crippen LogP) is 3.21. The Morgan fingerprint density at radius 1 is 1.14 bits per heavy atom. The fourth-order valence-electron chi connectivity index (χ4n) is 2.96. The summed E-state index contributed by atoms with van der Waals surface area (Å²) in [7, 11) is 1.42. The number of amides is 2. The highest BCUT2D eigenvalue weighted by atomic mass is 19.4. The Hall–Kier alpha value is -3.11. The quantitative estimate of drug-likeness (QED) is 0.787. The van der Waals surface area contributed by atoms with Crippen LogP contribution in [-0.4, -0.2) is 41.2 Å². The molecule has 1 saturated heterocycles. The summed E-state index contributed by atoms with van der Waals surface area (Å²) >= 11 is 0. The Morgan fingerprint density at radius 3 is 2.55 bits per heavy atom. The molecule has 8 nitrogen and oxygen atoms in total. The van der Waals surface area contributed by atoms with Crippen molar-refractivity contribution in [1.29, 1.82) is 0 Å². The molecule has 1 aromatic heterocycles. The number of para-hydroxylation sites is 1. The molecule has 11 heteroatoms. The first kappa shape index (κ1) is 20.6. The van der Waals surface area contributed by atoms with E-state index in [1.165, 1.54) is 25.3 Å². The SMILES string of the molecule is COc1nc(CNC(=O)Nc2ccccc2C(F)(F)F)nc(N2CCCCC2)n1. The number of ether oxygens (including phenoxy) is 1. The number of nitrogens with one attached hydrogen (secondary N) is 2. The largest absolute Gasteiger partial charge is 0.467 e. The van der Waals surface area contributed by atoms with Crippen LogP contribution in [0.1, 0.15) is 30.7 Å². The summed E-state index contributed by atoms with van der Waals surface area (Å²) in [5.74, 6) is 0.702. The molecule has 0 radical (unpaired) electrons. The van der Waals surface area contributed by atoms with E-state index >= 15 is 0 Å². The average Bonchev–Trinajstić information content (AvgIpc) is 2.72. The number of methoxy groups -OCH3 is 1. The molecule has 2 aromatic rings. The van der Waals surface area contributed by atoms with Gasteiger partial charge in [-0.15, -0.1) is 0 Å². The monoisotopic (exact) mass is 410 g/mol. The third-order valence-electron chi connectivity index (χ3n) is 4.36. The van der Waals surface area contributed by atoms with Gasteiger partial charge in [-0.2, -0.15) is 28.1 Å². The maximum atomic E-state index is 13.0. The van der Waals surface area contributed by atoms with E-state index in [2.05, 4.69) is 25.6 Å². The highest BCUT2D eigenvalue weighted by molar-refractivity contribution is 5.90. The van der Waals surface area contributed by atoms with Crippen molar-refractivity contribution in [2.24, 2.45) is 0 Å². The number of hydrogen-bond donors (Lipinski definition) is 2. The van der Waals surface area contributed by atoms with E-state index in [9.17, 15) is 18.0 Å². The van der Waals surface area contributed by atoms with Gasteiger partial charge in [-0.05, 0) is 31.4 Å². The highest BCUT2D eigenvalue weighted by Crippen LogP contribution is 2.34. The van der Waals surface area contributed by atoms with Crippen LogP contribution in [0.4, 0.5) is 29.6 Å². The van der Waals surface area contributed by atoms with E-state index < -0.39 is 17.8 Å². The first-order valence-electron chi connectivity index (χ1n) is 9.12. The lowest BCUT2D eigenvalue weighted by Gasteiger charge is -2.26. The maximum absolute atomic E-state index is 13.0. The Bertz CT molecular complexity index is 856. The van der Waals surface area contributed by atoms with Gasteiger partial charge in [0.2, 0.25) is 5.95 Å². The third kappa shape index (κ3) is 5.46. The lowest BCUT2D eigenvalue weighted by atomic mass is 10.1. The third-order valence-corrected chi connectivity index (χ3v) is 4.36. The van der Waals surface area contributed by atoms with Crippen LogP contribution >= 0.6 is 0 Å². The van der Waals surface area contributed by atoms with Crippen molar-refractivity contribution in [2.75, 3.05) is 30.4 Å². The molecule has 0 atom stereocenters. The van der Waals surface area contributed by atoms with E-state index in [1.54, 1.807) is 0 Å². The lowest BCUT2D eigenvalue weighted by Crippen LogP contribution is -2.33. The summed E-state index contributed by atoms with van der Waals surface area (Å²) in [4.78, 5) is 26.8. The number of rotatable bonds is 5. The van der Waals surface area contributed by atoms with Crippen molar-refractivity contribution < 1.29 is 22.7 Å². The molecular formula is C18H21F3N6O2. The van der Waals surface area contributed by atoms with Crippen LogP contribution in [0.5, 0.6) is 6.01 Å². The minimum absolute atomic E-state index is 0.0975. The highest BCUT2D eigenvalue weighted by Gasteiger charge is 2.33. The van der Waals surface area contributed by atoms with Crippen molar-refractivity contribution >= 4 is 17.7 Å². The molecule has 2 amide bonds. The zero-order valence-corrected chi connectivity index (χ0v) is 15.8. The van der Waals surface area contributed by atoms with E-state index in [0.717, 1.165) is 38.4 Å². The summed E-state index contributed by atoms with van der Waals surface area (Å²) in [6, 6.07) is 4.05. The van der Waals surface area contributed by atoms with E-state index in [1.807, 2.05) is 4.90 Å². The first-order chi connectivity index (χ1) is 13.9. The van der Waals surface area contributed by atoms with E-state index in [4.69, 9.17) is 4.74 Å². The molecule has 2 heterocycles. The lowest BCUT2D eigenvalue weighted by molar-refractivity contribution is -0.136. The molecule has 0 spiro atoms. The number of carbonyl (C=O) groups is 1. The summed E-state index contributed by atoms with van der Waals surface area (Å²) in [6.07, 6.45) is -1.37.